The molecule has 2 amide bonds. The van der Waals surface area contributed by atoms with Gasteiger partial charge in [0.2, 0.25) is 5.91 Å². The van der Waals surface area contributed by atoms with E-state index in [1.165, 1.54) is 0 Å². The zero-order valence-corrected chi connectivity index (χ0v) is 21.1. The Kier molecular flexibility index (Phi) is 7.49. The molecule has 1 saturated carbocycles. The Morgan fingerprint density at radius 2 is 1.55 bits per heavy atom. The molecule has 33 heavy (non-hydrogen) atoms. The highest BCUT2D eigenvalue weighted by molar-refractivity contribution is 6.62. The number of anilines is 1. The predicted octanol–water partition coefficient (Wildman–Crippen LogP) is 4.40. The van der Waals surface area contributed by atoms with Gasteiger partial charge in [0.25, 0.3) is 0 Å². The van der Waals surface area contributed by atoms with Gasteiger partial charge < -0.3 is 24.7 Å². The first kappa shape index (κ1) is 25.6. The molecule has 2 aliphatic rings. The zero-order chi connectivity index (χ0) is 24.4. The number of amides is 2. The normalized spacial score (nSPS) is 21.4. The SMILES string of the molecule is CC(C)(C)OC(=O)N[C@H](C(=O)Nc1ccc(B2OC(C)(C)C(C)(C)O2)cc1)C1CCCCC1. The van der Waals surface area contributed by atoms with E-state index in [0.29, 0.717) is 5.69 Å². The van der Waals surface area contributed by atoms with Crippen molar-refractivity contribution in [1.29, 1.82) is 0 Å². The van der Waals surface area contributed by atoms with Crippen molar-refractivity contribution in [1.82, 2.24) is 5.32 Å². The third-order valence-corrected chi connectivity index (χ3v) is 6.78. The van der Waals surface area contributed by atoms with Crippen LogP contribution in [-0.4, -0.2) is 42.0 Å². The summed E-state index contributed by atoms with van der Waals surface area (Å²) in [4.78, 5) is 25.6. The Morgan fingerprint density at radius 3 is 2.06 bits per heavy atom. The standard InChI is InChI=1S/C25H39BN2O5/c1-23(2,3)31-22(30)28-20(17-11-9-8-10-12-17)21(29)27-19-15-13-18(14-16-19)26-32-24(4,5)25(6,7)33-26/h13-17,20H,8-12H2,1-7H3,(H,27,29)(H,28,30)/t20-/m0/s1. The molecule has 1 atom stereocenters. The Hall–Kier alpha value is -2.06. The van der Waals surface area contributed by atoms with E-state index in [2.05, 4.69) is 10.6 Å². The molecule has 1 aliphatic carbocycles. The summed E-state index contributed by atoms with van der Waals surface area (Å²) in [6.07, 6.45) is 4.55. The molecule has 0 unspecified atom stereocenters. The van der Waals surface area contributed by atoms with Gasteiger partial charge >= 0.3 is 13.2 Å². The lowest BCUT2D eigenvalue weighted by Gasteiger charge is -2.32. The van der Waals surface area contributed by atoms with Crippen molar-refractivity contribution >= 4 is 30.3 Å². The topological polar surface area (TPSA) is 85.9 Å². The molecule has 7 nitrogen and oxygen atoms in total. The summed E-state index contributed by atoms with van der Waals surface area (Å²) in [5, 5.41) is 5.79. The van der Waals surface area contributed by atoms with Crippen LogP contribution in [0.5, 0.6) is 0 Å². The molecule has 1 saturated heterocycles. The maximum Gasteiger partial charge on any atom is 0.494 e. The molecule has 2 fully saturated rings. The van der Waals surface area contributed by atoms with Crippen LogP contribution in [0.1, 0.15) is 80.6 Å². The molecule has 0 bridgehead atoms. The molecule has 3 rings (SSSR count). The van der Waals surface area contributed by atoms with Gasteiger partial charge in [-0.15, -0.1) is 0 Å². The lowest BCUT2D eigenvalue weighted by molar-refractivity contribution is -0.119. The van der Waals surface area contributed by atoms with Crippen molar-refractivity contribution in [2.24, 2.45) is 5.92 Å². The summed E-state index contributed by atoms with van der Waals surface area (Å²) in [7, 11) is -0.455. The van der Waals surface area contributed by atoms with E-state index in [1.807, 2.05) is 72.7 Å². The number of hydrogen-bond donors (Lipinski definition) is 2. The lowest BCUT2D eigenvalue weighted by Crippen LogP contribution is -2.50. The summed E-state index contributed by atoms with van der Waals surface area (Å²) < 4.78 is 17.6. The van der Waals surface area contributed by atoms with Crippen LogP contribution < -0.4 is 16.1 Å². The predicted molar refractivity (Wildman–Crippen MR) is 131 cm³/mol. The van der Waals surface area contributed by atoms with Crippen molar-refractivity contribution in [3.05, 3.63) is 24.3 Å². The van der Waals surface area contributed by atoms with Crippen molar-refractivity contribution in [3.8, 4) is 0 Å². The minimum absolute atomic E-state index is 0.0929. The van der Waals surface area contributed by atoms with E-state index in [1.54, 1.807) is 0 Å². The second-order valence-corrected chi connectivity index (χ2v) is 11.2. The Labute approximate surface area is 198 Å². The van der Waals surface area contributed by atoms with Crippen molar-refractivity contribution < 1.29 is 23.6 Å². The molecule has 182 valence electrons. The Bertz CT molecular complexity index is 825. The minimum Gasteiger partial charge on any atom is -0.444 e. The van der Waals surface area contributed by atoms with Crippen molar-refractivity contribution in [2.75, 3.05) is 5.32 Å². The number of carbonyl (C=O) groups excluding carboxylic acids is 2. The maximum atomic E-state index is 13.2. The third-order valence-electron chi connectivity index (χ3n) is 6.78. The molecule has 1 aromatic carbocycles. The number of rotatable bonds is 5. The van der Waals surface area contributed by atoms with Crippen LogP contribution >= 0.6 is 0 Å². The van der Waals surface area contributed by atoms with Crippen LogP contribution in [0.15, 0.2) is 24.3 Å². The molecule has 0 aromatic heterocycles. The summed E-state index contributed by atoms with van der Waals surface area (Å²) >= 11 is 0. The Balaban J connectivity index is 1.68. The van der Waals surface area contributed by atoms with Crippen molar-refractivity contribution in [2.45, 2.75) is 103 Å². The van der Waals surface area contributed by atoms with Gasteiger partial charge in [-0.25, -0.2) is 4.79 Å². The molecule has 1 aliphatic heterocycles. The summed E-state index contributed by atoms with van der Waals surface area (Å²) in [6, 6.07) is 6.83. The maximum absolute atomic E-state index is 13.2. The number of carbonyl (C=O) groups is 2. The Morgan fingerprint density at radius 1 is 1.00 bits per heavy atom. The van der Waals surface area contributed by atoms with Crippen LogP contribution in [0.4, 0.5) is 10.5 Å². The monoisotopic (exact) mass is 458 g/mol. The van der Waals surface area contributed by atoms with E-state index in [9.17, 15) is 9.59 Å². The molecule has 8 heteroatoms. The van der Waals surface area contributed by atoms with E-state index >= 15 is 0 Å². The smallest absolute Gasteiger partial charge is 0.444 e. The highest BCUT2D eigenvalue weighted by Crippen LogP contribution is 2.36. The average molecular weight is 458 g/mol. The lowest BCUT2D eigenvalue weighted by atomic mass is 9.79. The van der Waals surface area contributed by atoms with Gasteiger partial charge in [-0.2, -0.15) is 0 Å². The van der Waals surface area contributed by atoms with E-state index < -0.39 is 36.1 Å². The second kappa shape index (κ2) is 9.67. The van der Waals surface area contributed by atoms with Crippen LogP contribution in [0.3, 0.4) is 0 Å². The molecule has 1 heterocycles. The van der Waals surface area contributed by atoms with Crippen LogP contribution in [0.25, 0.3) is 0 Å². The van der Waals surface area contributed by atoms with Crippen LogP contribution in [0, 0.1) is 5.92 Å². The number of nitrogens with one attached hydrogen (secondary N) is 2. The molecule has 0 radical (unpaired) electrons. The molecule has 2 N–H and O–H groups in total. The molecule has 1 aromatic rings. The van der Waals surface area contributed by atoms with Gasteiger partial charge in [0.15, 0.2) is 0 Å². The third kappa shape index (κ3) is 6.51. The second-order valence-electron chi connectivity index (χ2n) is 11.2. The summed E-state index contributed by atoms with van der Waals surface area (Å²) in [5.41, 5.74) is 0.103. The molecule has 0 spiro atoms. The number of benzene rings is 1. The van der Waals surface area contributed by atoms with Crippen LogP contribution in [0.2, 0.25) is 0 Å². The van der Waals surface area contributed by atoms with Crippen molar-refractivity contribution in [3.63, 3.8) is 0 Å². The van der Waals surface area contributed by atoms with Gasteiger partial charge in [-0.1, -0.05) is 31.4 Å². The van der Waals surface area contributed by atoms with Gasteiger partial charge in [0, 0.05) is 5.69 Å². The highest BCUT2D eigenvalue weighted by Gasteiger charge is 2.51. The molecular weight excluding hydrogens is 419 g/mol. The fourth-order valence-corrected chi connectivity index (χ4v) is 4.22. The van der Waals surface area contributed by atoms with E-state index in [0.717, 1.165) is 37.6 Å². The largest absolute Gasteiger partial charge is 0.494 e. The van der Waals surface area contributed by atoms with Gasteiger partial charge in [-0.05, 0) is 84.8 Å². The van der Waals surface area contributed by atoms with E-state index in [-0.39, 0.29) is 11.8 Å². The first-order chi connectivity index (χ1) is 15.3. The summed E-state index contributed by atoms with van der Waals surface area (Å²) in [5.74, 6) is -0.133. The number of alkyl carbamates (subject to hydrolysis) is 1. The minimum atomic E-state index is -0.636. The van der Waals surface area contributed by atoms with Gasteiger partial charge in [0.05, 0.1) is 11.2 Å². The first-order valence-electron chi connectivity index (χ1n) is 12.0. The van der Waals surface area contributed by atoms with Crippen LogP contribution in [-0.2, 0) is 18.8 Å². The average Bonchev–Trinajstić information content (AvgIpc) is 2.93. The van der Waals surface area contributed by atoms with E-state index in [4.69, 9.17) is 14.0 Å². The quantitative estimate of drug-likeness (QED) is 0.639. The fourth-order valence-electron chi connectivity index (χ4n) is 4.22. The highest BCUT2D eigenvalue weighted by atomic mass is 16.7. The first-order valence-corrected chi connectivity index (χ1v) is 12.0. The van der Waals surface area contributed by atoms with Gasteiger partial charge in [-0.3, -0.25) is 4.79 Å². The zero-order valence-electron chi connectivity index (χ0n) is 21.1. The summed E-state index contributed by atoms with van der Waals surface area (Å²) in [6.45, 7) is 13.5. The van der Waals surface area contributed by atoms with Gasteiger partial charge in [0.1, 0.15) is 11.6 Å². The number of ether oxygens (including phenoxy) is 1. The number of hydrogen-bond acceptors (Lipinski definition) is 5. The fraction of sp³-hybridized carbons (Fsp3) is 0.680. The molecular formula is C25H39BN2O5.